The molecule has 0 bridgehead atoms. The van der Waals surface area contributed by atoms with Crippen molar-refractivity contribution in [3.63, 3.8) is 0 Å². The number of hydrogen-bond donors (Lipinski definition) is 1. The van der Waals surface area contributed by atoms with E-state index in [0.29, 0.717) is 22.4 Å². The van der Waals surface area contributed by atoms with Crippen LogP contribution in [0.2, 0.25) is 0 Å². The summed E-state index contributed by atoms with van der Waals surface area (Å²) in [5, 5.41) is 2.69. The molecule has 1 atom stereocenters. The molecule has 0 aromatic heterocycles. The number of ether oxygens (including phenoxy) is 1. The third-order valence-corrected chi connectivity index (χ3v) is 4.39. The molecule has 5 nitrogen and oxygen atoms in total. The van der Waals surface area contributed by atoms with Crippen LogP contribution >= 0.6 is 0 Å². The van der Waals surface area contributed by atoms with Gasteiger partial charge in [-0.2, -0.15) is 0 Å². The predicted octanol–water partition coefficient (Wildman–Crippen LogP) is 4.49. The molecule has 1 amide bonds. The Morgan fingerprint density at radius 3 is 2.30 bits per heavy atom. The van der Waals surface area contributed by atoms with Crippen LogP contribution in [-0.2, 0) is 20.7 Å². The monoisotopic (exact) mass is 405 g/mol. The van der Waals surface area contributed by atoms with Crippen LogP contribution in [0, 0.1) is 5.82 Å². The maximum Gasteiger partial charge on any atom is 0.311 e. The van der Waals surface area contributed by atoms with Gasteiger partial charge in [-0.1, -0.05) is 54.6 Å². The Labute approximate surface area is 173 Å². The second-order valence-corrected chi connectivity index (χ2v) is 6.71. The fourth-order valence-electron chi connectivity index (χ4n) is 2.87. The van der Waals surface area contributed by atoms with Gasteiger partial charge in [-0.15, -0.1) is 0 Å². The van der Waals surface area contributed by atoms with E-state index in [1.807, 2.05) is 0 Å². The first-order chi connectivity index (χ1) is 14.4. The van der Waals surface area contributed by atoms with Crippen molar-refractivity contribution in [2.24, 2.45) is 0 Å². The number of ketones is 1. The lowest BCUT2D eigenvalue weighted by Gasteiger charge is -2.18. The molecule has 0 saturated carbocycles. The summed E-state index contributed by atoms with van der Waals surface area (Å²) >= 11 is 0. The molecule has 3 aromatic carbocycles. The topological polar surface area (TPSA) is 72.5 Å². The SMILES string of the molecule is CC(=O)c1cccc(NC(=O)[C@H](OC(=O)Cc2ccc(F)cc2)c2ccccc2)c1. The van der Waals surface area contributed by atoms with Crippen molar-refractivity contribution in [3.8, 4) is 0 Å². The second-order valence-electron chi connectivity index (χ2n) is 6.71. The molecule has 0 aliphatic rings. The van der Waals surface area contributed by atoms with Gasteiger partial charge in [-0.25, -0.2) is 4.39 Å². The van der Waals surface area contributed by atoms with Gasteiger partial charge in [0.05, 0.1) is 6.42 Å². The van der Waals surface area contributed by atoms with Gasteiger partial charge in [-0.05, 0) is 36.8 Å². The van der Waals surface area contributed by atoms with Gasteiger partial charge < -0.3 is 10.1 Å². The normalized spacial score (nSPS) is 11.4. The predicted molar refractivity (Wildman–Crippen MR) is 110 cm³/mol. The number of anilines is 1. The Morgan fingerprint density at radius 1 is 0.933 bits per heavy atom. The summed E-state index contributed by atoms with van der Waals surface area (Å²) in [6.07, 6.45) is -1.28. The minimum atomic E-state index is -1.18. The van der Waals surface area contributed by atoms with Crippen LogP contribution in [0.5, 0.6) is 0 Å². The lowest BCUT2D eigenvalue weighted by atomic mass is 10.1. The summed E-state index contributed by atoms with van der Waals surface area (Å²) in [7, 11) is 0. The van der Waals surface area contributed by atoms with E-state index >= 15 is 0 Å². The minimum absolute atomic E-state index is 0.100. The summed E-state index contributed by atoms with van der Waals surface area (Å²) < 4.78 is 18.5. The molecule has 152 valence electrons. The molecule has 3 aromatic rings. The van der Waals surface area contributed by atoms with E-state index in [-0.39, 0.29) is 12.2 Å². The number of carbonyl (C=O) groups excluding carboxylic acids is 3. The van der Waals surface area contributed by atoms with E-state index < -0.39 is 23.8 Å². The van der Waals surface area contributed by atoms with Crippen molar-refractivity contribution in [3.05, 3.63) is 101 Å². The van der Waals surface area contributed by atoms with Crippen LogP contribution in [0.3, 0.4) is 0 Å². The quantitative estimate of drug-likeness (QED) is 0.464. The summed E-state index contributed by atoms with van der Waals surface area (Å²) in [6, 6.07) is 20.6. The van der Waals surface area contributed by atoms with Crippen LogP contribution in [0.25, 0.3) is 0 Å². The van der Waals surface area contributed by atoms with E-state index in [9.17, 15) is 18.8 Å². The average molecular weight is 405 g/mol. The van der Waals surface area contributed by atoms with Gasteiger partial charge in [0.2, 0.25) is 6.10 Å². The van der Waals surface area contributed by atoms with E-state index in [2.05, 4.69) is 5.32 Å². The van der Waals surface area contributed by atoms with E-state index in [4.69, 9.17) is 4.74 Å². The molecule has 0 saturated heterocycles. The number of rotatable bonds is 7. The number of carbonyl (C=O) groups is 3. The van der Waals surface area contributed by atoms with Crippen LogP contribution < -0.4 is 5.32 Å². The summed E-state index contributed by atoms with van der Waals surface area (Å²) in [6.45, 7) is 1.44. The van der Waals surface area contributed by atoms with E-state index in [1.165, 1.54) is 31.2 Å². The second kappa shape index (κ2) is 9.60. The molecule has 0 aliphatic carbocycles. The van der Waals surface area contributed by atoms with Crippen molar-refractivity contribution in [1.82, 2.24) is 0 Å². The van der Waals surface area contributed by atoms with Gasteiger partial charge in [0.25, 0.3) is 5.91 Å². The molecule has 0 unspecified atom stereocenters. The lowest BCUT2D eigenvalue weighted by Crippen LogP contribution is -2.26. The first-order valence-corrected chi connectivity index (χ1v) is 9.33. The van der Waals surface area contributed by atoms with Crippen LogP contribution in [-0.4, -0.2) is 17.7 Å². The fourth-order valence-corrected chi connectivity index (χ4v) is 2.87. The molecular formula is C24H20FNO4. The number of amides is 1. The Morgan fingerprint density at radius 2 is 1.63 bits per heavy atom. The highest BCUT2D eigenvalue weighted by atomic mass is 19.1. The van der Waals surface area contributed by atoms with Crippen molar-refractivity contribution in [2.45, 2.75) is 19.4 Å². The van der Waals surface area contributed by atoms with Crippen LogP contribution in [0.4, 0.5) is 10.1 Å². The van der Waals surface area contributed by atoms with E-state index in [0.717, 1.165) is 0 Å². The lowest BCUT2D eigenvalue weighted by molar-refractivity contribution is -0.154. The molecule has 0 fully saturated rings. The molecule has 3 rings (SSSR count). The zero-order valence-corrected chi connectivity index (χ0v) is 16.3. The molecule has 0 aliphatic heterocycles. The highest BCUT2D eigenvalue weighted by Gasteiger charge is 2.25. The van der Waals surface area contributed by atoms with Crippen LogP contribution in [0.1, 0.15) is 34.5 Å². The molecule has 0 radical (unpaired) electrons. The first-order valence-electron chi connectivity index (χ1n) is 9.33. The number of benzene rings is 3. The number of Topliss-reactive ketones (excluding diaryl/α,β-unsaturated/α-hetero) is 1. The van der Waals surface area contributed by atoms with Crippen molar-refractivity contribution in [1.29, 1.82) is 0 Å². The van der Waals surface area contributed by atoms with Gasteiger partial charge in [-0.3, -0.25) is 14.4 Å². The first kappa shape index (κ1) is 20.9. The van der Waals surface area contributed by atoms with Crippen molar-refractivity contribution >= 4 is 23.3 Å². The zero-order valence-electron chi connectivity index (χ0n) is 16.3. The highest BCUT2D eigenvalue weighted by Crippen LogP contribution is 2.21. The third kappa shape index (κ3) is 5.61. The molecule has 0 heterocycles. The van der Waals surface area contributed by atoms with Gasteiger partial charge in [0, 0.05) is 16.8 Å². The molecule has 0 spiro atoms. The summed E-state index contributed by atoms with van der Waals surface area (Å²) in [5.74, 6) is -1.70. The minimum Gasteiger partial charge on any atom is -0.447 e. The number of halogens is 1. The fraction of sp³-hybridized carbons (Fsp3) is 0.125. The standard InChI is InChI=1S/C24H20FNO4/c1-16(27)19-8-5-9-21(15-19)26-24(29)23(18-6-3-2-4-7-18)30-22(28)14-17-10-12-20(25)13-11-17/h2-13,15,23H,14H2,1H3,(H,26,29)/t23-/m1/s1. The average Bonchev–Trinajstić information content (AvgIpc) is 2.74. The van der Waals surface area contributed by atoms with Crippen molar-refractivity contribution < 1.29 is 23.5 Å². The number of hydrogen-bond acceptors (Lipinski definition) is 4. The Balaban J connectivity index is 1.77. The van der Waals surface area contributed by atoms with Crippen molar-refractivity contribution in [2.75, 3.05) is 5.32 Å². The van der Waals surface area contributed by atoms with Gasteiger partial charge >= 0.3 is 5.97 Å². The van der Waals surface area contributed by atoms with E-state index in [1.54, 1.807) is 54.6 Å². The Bertz CT molecular complexity index is 1050. The maximum atomic E-state index is 13.1. The van der Waals surface area contributed by atoms with Crippen LogP contribution in [0.15, 0.2) is 78.9 Å². The smallest absolute Gasteiger partial charge is 0.311 e. The summed E-state index contributed by atoms with van der Waals surface area (Å²) in [5.41, 5.74) is 1.95. The molecular weight excluding hydrogens is 385 g/mol. The maximum absolute atomic E-state index is 13.1. The largest absolute Gasteiger partial charge is 0.447 e. The Hall–Kier alpha value is -3.80. The molecule has 1 N–H and O–H groups in total. The summed E-state index contributed by atoms with van der Waals surface area (Å²) in [4.78, 5) is 36.9. The third-order valence-electron chi connectivity index (χ3n) is 4.39. The molecule has 6 heteroatoms. The number of esters is 1. The highest BCUT2D eigenvalue weighted by molar-refractivity contribution is 5.99. The Kier molecular flexibility index (Phi) is 6.70. The van der Waals surface area contributed by atoms with Gasteiger partial charge in [0.15, 0.2) is 5.78 Å². The zero-order chi connectivity index (χ0) is 21.5. The molecule has 30 heavy (non-hydrogen) atoms. The number of nitrogens with one attached hydrogen (secondary N) is 1. The van der Waals surface area contributed by atoms with Gasteiger partial charge in [0.1, 0.15) is 5.82 Å².